The molecule has 1 unspecified atom stereocenters. The van der Waals surface area contributed by atoms with Gasteiger partial charge in [0, 0.05) is 19.5 Å². The molecule has 0 aliphatic carbocycles. The number of nitrogens with one attached hydrogen (secondary N) is 1. The minimum absolute atomic E-state index is 0.0504. The van der Waals surface area contributed by atoms with Crippen molar-refractivity contribution in [2.45, 2.75) is 45.7 Å². The minimum Gasteiger partial charge on any atom is -0.328 e. The predicted octanol–water partition coefficient (Wildman–Crippen LogP) is 3.01. The fourth-order valence-electron chi connectivity index (χ4n) is 3.09. The number of hydrogen-bond donors (Lipinski definition) is 1. The predicted molar refractivity (Wildman–Crippen MR) is 81.9 cm³/mol. The fourth-order valence-corrected chi connectivity index (χ4v) is 3.09. The van der Waals surface area contributed by atoms with Gasteiger partial charge in [-0.2, -0.15) is 0 Å². The van der Waals surface area contributed by atoms with Crippen LogP contribution in [0.3, 0.4) is 0 Å². The van der Waals surface area contributed by atoms with E-state index in [4.69, 9.17) is 0 Å². The maximum absolute atomic E-state index is 4.64. The molecule has 1 N–H and O–H groups in total. The number of fused-ring (bicyclic) bond motifs is 1. The molecule has 0 bridgehead atoms. The third-order valence-corrected chi connectivity index (χ3v) is 4.49. The molecule has 0 saturated heterocycles. The summed E-state index contributed by atoms with van der Waals surface area (Å²) in [6.45, 7) is 8.59. The summed E-state index contributed by atoms with van der Waals surface area (Å²) >= 11 is 0. The average molecular weight is 269 g/mol. The van der Waals surface area contributed by atoms with Gasteiger partial charge in [-0.15, -0.1) is 0 Å². The molecule has 1 aromatic carbocycles. The van der Waals surface area contributed by atoms with Crippen molar-refractivity contribution >= 4 is 0 Å². The average Bonchev–Trinajstić information content (AvgIpc) is 2.86. The van der Waals surface area contributed by atoms with E-state index in [1.807, 2.05) is 6.33 Å². The van der Waals surface area contributed by atoms with Crippen molar-refractivity contribution in [3.8, 4) is 0 Å². The maximum atomic E-state index is 4.64. The first kappa shape index (κ1) is 13.4. The Morgan fingerprint density at radius 3 is 2.75 bits per heavy atom. The Balaban J connectivity index is 1.95. The van der Waals surface area contributed by atoms with E-state index in [0.717, 1.165) is 25.9 Å². The van der Waals surface area contributed by atoms with Crippen LogP contribution in [-0.4, -0.2) is 16.1 Å². The van der Waals surface area contributed by atoms with E-state index in [0.29, 0.717) is 0 Å². The van der Waals surface area contributed by atoms with E-state index in [1.54, 1.807) is 0 Å². The SMILES string of the molecule is CCC1(C)NCCc2ncn(Cc3ccc(C)cc3)c21. The van der Waals surface area contributed by atoms with E-state index < -0.39 is 0 Å². The van der Waals surface area contributed by atoms with Crippen LogP contribution in [0.5, 0.6) is 0 Å². The van der Waals surface area contributed by atoms with Gasteiger partial charge in [0.2, 0.25) is 0 Å². The normalized spacial score (nSPS) is 21.8. The number of aromatic nitrogens is 2. The third-order valence-electron chi connectivity index (χ3n) is 4.49. The summed E-state index contributed by atoms with van der Waals surface area (Å²) in [5.74, 6) is 0. The van der Waals surface area contributed by atoms with Crippen LogP contribution in [0, 0.1) is 6.92 Å². The molecule has 1 atom stereocenters. The van der Waals surface area contributed by atoms with Gasteiger partial charge in [0.25, 0.3) is 0 Å². The van der Waals surface area contributed by atoms with Crippen molar-refractivity contribution in [3.63, 3.8) is 0 Å². The molecule has 0 amide bonds. The highest BCUT2D eigenvalue weighted by Gasteiger charge is 2.33. The molecule has 1 aromatic heterocycles. The summed E-state index contributed by atoms with van der Waals surface area (Å²) in [5, 5.41) is 3.66. The van der Waals surface area contributed by atoms with Crippen LogP contribution in [-0.2, 0) is 18.5 Å². The molecule has 3 rings (SSSR count). The van der Waals surface area contributed by atoms with Gasteiger partial charge in [0.15, 0.2) is 0 Å². The summed E-state index contributed by atoms with van der Waals surface area (Å²) in [4.78, 5) is 4.64. The minimum atomic E-state index is 0.0504. The number of aryl methyl sites for hydroxylation is 1. The van der Waals surface area contributed by atoms with E-state index in [2.05, 4.69) is 59.9 Å². The molecule has 1 aliphatic rings. The van der Waals surface area contributed by atoms with Crippen molar-refractivity contribution in [1.82, 2.24) is 14.9 Å². The fraction of sp³-hybridized carbons (Fsp3) is 0.471. The Hall–Kier alpha value is -1.61. The van der Waals surface area contributed by atoms with Crippen LogP contribution >= 0.6 is 0 Å². The molecular formula is C17H23N3. The molecule has 20 heavy (non-hydrogen) atoms. The van der Waals surface area contributed by atoms with E-state index in [9.17, 15) is 0 Å². The standard InChI is InChI=1S/C17H23N3/c1-4-17(3)16-15(9-10-19-17)18-12-20(16)11-14-7-5-13(2)6-8-14/h5-8,12,19H,4,9-11H2,1-3H3. The lowest BCUT2D eigenvalue weighted by Crippen LogP contribution is -2.45. The largest absolute Gasteiger partial charge is 0.328 e. The molecule has 0 spiro atoms. The van der Waals surface area contributed by atoms with Crippen molar-refractivity contribution in [1.29, 1.82) is 0 Å². The zero-order valence-electron chi connectivity index (χ0n) is 12.6. The van der Waals surface area contributed by atoms with E-state index in [-0.39, 0.29) is 5.54 Å². The van der Waals surface area contributed by atoms with Crippen LogP contribution in [0.2, 0.25) is 0 Å². The zero-order chi connectivity index (χ0) is 14.2. The highest BCUT2D eigenvalue weighted by Crippen LogP contribution is 2.31. The summed E-state index contributed by atoms with van der Waals surface area (Å²) < 4.78 is 2.32. The Morgan fingerprint density at radius 1 is 1.30 bits per heavy atom. The van der Waals surface area contributed by atoms with Gasteiger partial charge < -0.3 is 9.88 Å². The molecule has 1 aliphatic heterocycles. The van der Waals surface area contributed by atoms with Crippen LogP contribution in [0.15, 0.2) is 30.6 Å². The summed E-state index contributed by atoms with van der Waals surface area (Å²) in [6, 6.07) is 8.77. The Bertz CT molecular complexity index is 597. The number of benzene rings is 1. The van der Waals surface area contributed by atoms with Crippen LogP contribution in [0.1, 0.15) is 42.8 Å². The van der Waals surface area contributed by atoms with Gasteiger partial charge in [-0.1, -0.05) is 36.8 Å². The van der Waals surface area contributed by atoms with Gasteiger partial charge >= 0.3 is 0 Å². The number of hydrogen-bond acceptors (Lipinski definition) is 2. The second-order valence-electron chi connectivity index (χ2n) is 6.02. The smallest absolute Gasteiger partial charge is 0.0955 e. The van der Waals surface area contributed by atoms with Crippen LogP contribution in [0.25, 0.3) is 0 Å². The first-order chi connectivity index (χ1) is 9.62. The van der Waals surface area contributed by atoms with Crippen LogP contribution < -0.4 is 5.32 Å². The second kappa shape index (κ2) is 5.06. The molecular weight excluding hydrogens is 246 g/mol. The Kier molecular flexibility index (Phi) is 3.38. The molecule has 2 heterocycles. The highest BCUT2D eigenvalue weighted by atomic mass is 15.1. The van der Waals surface area contributed by atoms with Gasteiger partial charge in [0.05, 0.1) is 23.3 Å². The van der Waals surface area contributed by atoms with Gasteiger partial charge in [-0.3, -0.25) is 0 Å². The van der Waals surface area contributed by atoms with Crippen molar-refractivity contribution in [2.75, 3.05) is 6.54 Å². The number of rotatable bonds is 3. The molecule has 0 fully saturated rings. The van der Waals surface area contributed by atoms with Gasteiger partial charge in [0.1, 0.15) is 0 Å². The highest BCUT2D eigenvalue weighted by molar-refractivity contribution is 5.28. The van der Waals surface area contributed by atoms with Gasteiger partial charge in [-0.25, -0.2) is 4.98 Å². The van der Waals surface area contributed by atoms with Gasteiger partial charge in [-0.05, 0) is 25.8 Å². The lowest BCUT2D eigenvalue weighted by atomic mass is 9.88. The summed E-state index contributed by atoms with van der Waals surface area (Å²) in [6.07, 6.45) is 4.12. The zero-order valence-corrected chi connectivity index (χ0v) is 12.6. The molecule has 0 saturated carbocycles. The summed E-state index contributed by atoms with van der Waals surface area (Å²) in [7, 11) is 0. The molecule has 2 aromatic rings. The number of imidazole rings is 1. The van der Waals surface area contributed by atoms with Crippen LogP contribution in [0.4, 0.5) is 0 Å². The third kappa shape index (κ3) is 2.27. The Labute approximate surface area is 121 Å². The first-order valence-corrected chi connectivity index (χ1v) is 7.47. The topological polar surface area (TPSA) is 29.9 Å². The maximum Gasteiger partial charge on any atom is 0.0955 e. The molecule has 0 radical (unpaired) electrons. The number of nitrogens with zero attached hydrogens (tertiary/aromatic N) is 2. The van der Waals surface area contributed by atoms with E-state index >= 15 is 0 Å². The summed E-state index contributed by atoms with van der Waals surface area (Å²) in [5.41, 5.74) is 5.32. The van der Waals surface area contributed by atoms with Crippen molar-refractivity contribution in [3.05, 3.63) is 53.1 Å². The molecule has 106 valence electrons. The monoisotopic (exact) mass is 269 g/mol. The van der Waals surface area contributed by atoms with Crippen molar-refractivity contribution in [2.24, 2.45) is 0 Å². The Morgan fingerprint density at radius 2 is 2.05 bits per heavy atom. The first-order valence-electron chi connectivity index (χ1n) is 7.47. The lowest BCUT2D eigenvalue weighted by molar-refractivity contribution is 0.314. The lowest BCUT2D eigenvalue weighted by Gasteiger charge is -2.35. The van der Waals surface area contributed by atoms with E-state index in [1.165, 1.54) is 22.5 Å². The molecule has 3 nitrogen and oxygen atoms in total. The van der Waals surface area contributed by atoms with Crippen molar-refractivity contribution < 1.29 is 0 Å². The quantitative estimate of drug-likeness (QED) is 0.928. The molecule has 3 heteroatoms. The second-order valence-corrected chi connectivity index (χ2v) is 6.02.